The molecule has 0 aliphatic heterocycles. The number of aryl methyl sites for hydroxylation is 1. The molecule has 0 N–H and O–H groups in total. The third-order valence-corrected chi connectivity index (χ3v) is 5.55. The number of nitriles is 2. The molecule has 152 valence electrons. The Balaban J connectivity index is 2.23. The first-order chi connectivity index (χ1) is 14.5. The van der Waals surface area contributed by atoms with E-state index >= 15 is 0 Å². The van der Waals surface area contributed by atoms with Crippen molar-refractivity contribution in [1.82, 2.24) is 0 Å². The molecule has 2 aromatic rings. The molecule has 1 aliphatic carbocycles. The van der Waals surface area contributed by atoms with Crippen LogP contribution < -0.4 is 9.47 Å². The summed E-state index contributed by atoms with van der Waals surface area (Å²) in [5.41, 5.74) is 2.97. The third-order valence-electron chi connectivity index (χ3n) is 5.55. The minimum absolute atomic E-state index is 0.0301. The fraction of sp³-hybridized carbons (Fsp3) is 0.304. The second-order valence-electron chi connectivity index (χ2n) is 7.05. The topological polar surface area (TPSA) is 109 Å². The molecule has 0 spiro atoms. The lowest BCUT2D eigenvalue weighted by Crippen LogP contribution is -2.26. The lowest BCUT2D eigenvalue weighted by Gasteiger charge is -2.33. The predicted molar refractivity (Wildman–Crippen MR) is 111 cm³/mol. The van der Waals surface area contributed by atoms with Crippen molar-refractivity contribution in [3.05, 3.63) is 74.8 Å². The Kier molecular flexibility index (Phi) is 6.34. The van der Waals surface area contributed by atoms with Gasteiger partial charge in [-0.15, -0.1) is 0 Å². The Hall–Kier alpha value is -3.84. The van der Waals surface area contributed by atoms with Crippen LogP contribution in [0.15, 0.2) is 48.0 Å². The van der Waals surface area contributed by atoms with E-state index in [4.69, 9.17) is 9.47 Å². The number of allylic oxidation sites excluding steroid dienone is 2. The van der Waals surface area contributed by atoms with Crippen LogP contribution in [0.25, 0.3) is 5.57 Å². The molecule has 0 saturated heterocycles. The quantitative estimate of drug-likeness (QED) is 0.407. The summed E-state index contributed by atoms with van der Waals surface area (Å²) < 4.78 is 10.8. The largest absolute Gasteiger partial charge is 0.493 e. The Morgan fingerprint density at radius 2 is 1.80 bits per heavy atom. The summed E-state index contributed by atoms with van der Waals surface area (Å²) >= 11 is 0. The van der Waals surface area contributed by atoms with E-state index < -0.39 is 5.92 Å². The molecule has 7 heteroatoms. The summed E-state index contributed by atoms with van der Waals surface area (Å²) in [4.78, 5) is 11.2. The highest BCUT2D eigenvalue weighted by molar-refractivity contribution is 5.81. The highest BCUT2D eigenvalue weighted by Crippen LogP contribution is 2.47. The number of fused-ring (bicyclic) bond motifs is 1. The number of hydrogen-bond donors (Lipinski definition) is 0. The van der Waals surface area contributed by atoms with Crippen molar-refractivity contribution in [3.63, 3.8) is 0 Å². The standard InChI is InChI=1S/C23H21N3O4/c1-29-21-10-16-8-9-18(20(14-26(27)28)15-6-4-3-5-7-15)23(17(12-24)13-25)19(16)11-22(21)30-2/h3-7,10-11,18,20H,8-9,14H2,1-2H3/t18-,20-/m0/s1. The van der Waals surface area contributed by atoms with Gasteiger partial charge in [0.15, 0.2) is 11.5 Å². The Morgan fingerprint density at radius 3 is 2.37 bits per heavy atom. The molecule has 0 fully saturated rings. The molecule has 7 nitrogen and oxygen atoms in total. The van der Waals surface area contributed by atoms with Crippen LogP contribution in [-0.4, -0.2) is 25.7 Å². The summed E-state index contributed by atoms with van der Waals surface area (Å²) in [7, 11) is 3.06. The zero-order valence-corrected chi connectivity index (χ0v) is 16.8. The molecule has 0 heterocycles. The molecule has 30 heavy (non-hydrogen) atoms. The van der Waals surface area contributed by atoms with Crippen LogP contribution in [0.5, 0.6) is 11.5 Å². The Morgan fingerprint density at radius 1 is 1.17 bits per heavy atom. The average molecular weight is 403 g/mol. The second-order valence-corrected chi connectivity index (χ2v) is 7.05. The van der Waals surface area contributed by atoms with E-state index in [1.54, 1.807) is 13.2 Å². The van der Waals surface area contributed by atoms with Gasteiger partial charge in [-0.25, -0.2) is 0 Å². The molecule has 0 bridgehead atoms. The second kappa shape index (κ2) is 9.11. The monoisotopic (exact) mass is 403 g/mol. The van der Waals surface area contributed by atoms with Gasteiger partial charge in [0.1, 0.15) is 17.7 Å². The predicted octanol–water partition coefficient (Wildman–Crippen LogP) is 4.13. The maximum Gasteiger partial charge on any atom is 0.211 e. The molecule has 3 rings (SSSR count). The van der Waals surface area contributed by atoms with Gasteiger partial charge in [0.2, 0.25) is 6.54 Å². The van der Waals surface area contributed by atoms with Crippen LogP contribution >= 0.6 is 0 Å². The van der Waals surface area contributed by atoms with Crippen molar-refractivity contribution in [3.8, 4) is 23.6 Å². The van der Waals surface area contributed by atoms with Crippen LogP contribution in [0, 0.1) is 38.7 Å². The van der Waals surface area contributed by atoms with Crippen LogP contribution in [0.1, 0.15) is 29.0 Å². The minimum Gasteiger partial charge on any atom is -0.493 e. The molecular weight excluding hydrogens is 382 g/mol. The highest BCUT2D eigenvalue weighted by Gasteiger charge is 2.37. The van der Waals surface area contributed by atoms with E-state index in [0.29, 0.717) is 35.5 Å². The number of nitro groups is 1. The molecule has 0 radical (unpaired) electrons. The Bertz CT molecular complexity index is 1050. The van der Waals surface area contributed by atoms with Crippen molar-refractivity contribution >= 4 is 5.57 Å². The van der Waals surface area contributed by atoms with Gasteiger partial charge in [-0.1, -0.05) is 30.3 Å². The number of rotatable bonds is 6. The normalized spacial score (nSPS) is 15.9. The van der Waals surface area contributed by atoms with Crippen molar-refractivity contribution in [1.29, 1.82) is 10.5 Å². The summed E-state index contributed by atoms with van der Waals surface area (Å²) in [5, 5.41) is 30.8. The SMILES string of the molecule is COc1cc2c(cc1OC)C(=C(C#N)C#N)[C@H]([C@@H](C[N+](=O)[O-])c1ccccc1)CC2. The van der Waals surface area contributed by atoms with Crippen molar-refractivity contribution in [2.75, 3.05) is 20.8 Å². The van der Waals surface area contributed by atoms with Crippen LogP contribution in [0.4, 0.5) is 0 Å². The molecule has 2 aromatic carbocycles. The molecular formula is C23H21N3O4. The van der Waals surface area contributed by atoms with E-state index in [9.17, 15) is 20.6 Å². The van der Waals surface area contributed by atoms with E-state index in [0.717, 1.165) is 11.1 Å². The van der Waals surface area contributed by atoms with Gasteiger partial charge in [0.05, 0.1) is 20.1 Å². The fourth-order valence-electron chi connectivity index (χ4n) is 4.23. The van der Waals surface area contributed by atoms with Crippen molar-refractivity contribution < 1.29 is 14.4 Å². The number of benzene rings is 2. The smallest absolute Gasteiger partial charge is 0.211 e. The molecule has 1 aliphatic rings. The van der Waals surface area contributed by atoms with Gasteiger partial charge < -0.3 is 9.47 Å². The Labute approximate surface area is 174 Å². The van der Waals surface area contributed by atoms with Crippen LogP contribution in [0.2, 0.25) is 0 Å². The number of nitrogens with zero attached hydrogens (tertiary/aromatic N) is 3. The van der Waals surface area contributed by atoms with E-state index in [2.05, 4.69) is 0 Å². The summed E-state index contributed by atoms with van der Waals surface area (Å²) in [5.74, 6) is 0.233. The van der Waals surface area contributed by atoms with Gasteiger partial charge >= 0.3 is 0 Å². The molecule has 0 amide bonds. The number of methoxy groups -OCH3 is 2. The zero-order chi connectivity index (χ0) is 21.7. The first-order valence-electron chi connectivity index (χ1n) is 9.50. The van der Waals surface area contributed by atoms with Gasteiger partial charge in [-0.2, -0.15) is 10.5 Å². The van der Waals surface area contributed by atoms with Crippen molar-refractivity contribution in [2.24, 2.45) is 5.92 Å². The first-order valence-corrected chi connectivity index (χ1v) is 9.50. The molecule has 0 aromatic heterocycles. The lowest BCUT2D eigenvalue weighted by molar-refractivity contribution is -0.484. The summed E-state index contributed by atoms with van der Waals surface area (Å²) in [6.45, 7) is -0.287. The van der Waals surface area contributed by atoms with E-state index in [1.165, 1.54) is 7.11 Å². The fourth-order valence-corrected chi connectivity index (χ4v) is 4.23. The zero-order valence-electron chi connectivity index (χ0n) is 16.8. The summed E-state index contributed by atoms with van der Waals surface area (Å²) in [6.07, 6.45) is 1.23. The van der Waals surface area contributed by atoms with Crippen LogP contribution in [-0.2, 0) is 6.42 Å². The van der Waals surface area contributed by atoms with Gasteiger partial charge in [-0.05, 0) is 53.2 Å². The van der Waals surface area contributed by atoms with Crippen LogP contribution in [0.3, 0.4) is 0 Å². The average Bonchev–Trinajstić information content (AvgIpc) is 2.78. The van der Waals surface area contributed by atoms with Gasteiger partial charge in [0, 0.05) is 4.92 Å². The summed E-state index contributed by atoms with van der Waals surface area (Å²) in [6, 6.07) is 16.8. The highest BCUT2D eigenvalue weighted by atomic mass is 16.6. The molecule has 0 unspecified atom stereocenters. The van der Waals surface area contributed by atoms with Gasteiger partial charge in [-0.3, -0.25) is 10.1 Å². The minimum atomic E-state index is -0.464. The van der Waals surface area contributed by atoms with E-state index in [-0.39, 0.29) is 23.0 Å². The van der Waals surface area contributed by atoms with E-state index in [1.807, 2.05) is 48.5 Å². The molecule has 0 saturated carbocycles. The lowest BCUT2D eigenvalue weighted by atomic mass is 9.70. The van der Waals surface area contributed by atoms with Gasteiger partial charge in [0.25, 0.3) is 0 Å². The number of ether oxygens (including phenoxy) is 2. The maximum absolute atomic E-state index is 11.5. The first kappa shape index (κ1) is 20.9. The molecule has 2 atom stereocenters. The number of hydrogen-bond acceptors (Lipinski definition) is 6. The van der Waals surface area contributed by atoms with Crippen molar-refractivity contribution in [2.45, 2.75) is 18.8 Å². The maximum atomic E-state index is 11.5. The third kappa shape index (κ3) is 3.97.